The summed E-state index contributed by atoms with van der Waals surface area (Å²) in [6.45, 7) is 8.09. The van der Waals surface area contributed by atoms with E-state index in [1.807, 2.05) is 11.1 Å². The Labute approximate surface area is 167 Å². The second-order valence-corrected chi connectivity index (χ2v) is 8.37. The molecule has 3 heterocycles. The molecule has 0 radical (unpaired) electrons. The summed E-state index contributed by atoms with van der Waals surface area (Å²) in [5.41, 5.74) is 2.40. The van der Waals surface area contributed by atoms with Gasteiger partial charge in [0.2, 0.25) is 5.91 Å². The Hall–Kier alpha value is -2.18. The van der Waals surface area contributed by atoms with Gasteiger partial charge in [-0.05, 0) is 30.4 Å². The third-order valence-electron chi connectivity index (χ3n) is 6.07. The Bertz CT molecular complexity index is 837. The Morgan fingerprint density at radius 3 is 2.71 bits per heavy atom. The van der Waals surface area contributed by atoms with Crippen LogP contribution in [0.3, 0.4) is 0 Å². The first kappa shape index (κ1) is 19.2. The van der Waals surface area contributed by atoms with E-state index in [0.717, 1.165) is 44.8 Å². The van der Waals surface area contributed by atoms with Crippen LogP contribution in [0.4, 0.5) is 0 Å². The lowest BCUT2D eigenvalue weighted by molar-refractivity contribution is -0.138. The van der Waals surface area contributed by atoms with E-state index in [4.69, 9.17) is 9.72 Å². The molecule has 0 N–H and O–H groups in total. The molecule has 28 heavy (non-hydrogen) atoms. The van der Waals surface area contributed by atoms with Gasteiger partial charge in [0, 0.05) is 45.7 Å². The van der Waals surface area contributed by atoms with Crippen LogP contribution >= 0.6 is 0 Å². The molecule has 0 unspecified atom stereocenters. The van der Waals surface area contributed by atoms with E-state index in [1.54, 1.807) is 7.11 Å². The SMILES string of the molecule is COCC(=O)N1CCC2(CC1)c1nccn1-c1ccccc1CN2CC(C)C. The standard InChI is InChI=1S/C22H30N4O2/c1-17(2)14-25-15-18-6-4-5-7-19(18)26-13-10-23-21(26)22(25)8-11-24(12-9-22)20(27)16-28-3/h4-7,10,13,17H,8-9,11-12,14-16H2,1-3H3. The number of fused-ring (bicyclic) bond motifs is 4. The lowest BCUT2D eigenvalue weighted by atomic mass is 9.83. The minimum atomic E-state index is -0.156. The second-order valence-electron chi connectivity index (χ2n) is 8.37. The number of hydrogen-bond donors (Lipinski definition) is 0. The van der Waals surface area contributed by atoms with Crippen molar-refractivity contribution in [2.75, 3.05) is 33.4 Å². The largest absolute Gasteiger partial charge is 0.375 e. The van der Waals surface area contributed by atoms with Crippen molar-refractivity contribution in [2.45, 2.75) is 38.8 Å². The molecule has 1 aromatic carbocycles. The van der Waals surface area contributed by atoms with Gasteiger partial charge in [0.1, 0.15) is 12.4 Å². The van der Waals surface area contributed by atoms with Gasteiger partial charge in [0.15, 0.2) is 0 Å². The van der Waals surface area contributed by atoms with Gasteiger partial charge in [0.05, 0.1) is 11.2 Å². The number of hydrogen-bond acceptors (Lipinski definition) is 4. The number of benzene rings is 1. The molecule has 0 aliphatic carbocycles. The summed E-state index contributed by atoms with van der Waals surface area (Å²) in [5, 5.41) is 0. The number of likely N-dealkylation sites (tertiary alicyclic amines) is 1. The maximum atomic E-state index is 12.3. The molecule has 150 valence electrons. The van der Waals surface area contributed by atoms with Gasteiger partial charge in [-0.1, -0.05) is 32.0 Å². The molecule has 6 heteroatoms. The van der Waals surface area contributed by atoms with Crippen LogP contribution in [0.15, 0.2) is 36.7 Å². The van der Waals surface area contributed by atoms with Crippen LogP contribution in [0.2, 0.25) is 0 Å². The van der Waals surface area contributed by atoms with Crippen LogP contribution in [0, 0.1) is 5.92 Å². The summed E-state index contributed by atoms with van der Waals surface area (Å²) >= 11 is 0. The van der Waals surface area contributed by atoms with Crippen LogP contribution in [0.5, 0.6) is 0 Å². The molecule has 0 bridgehead atoms. The number of carbonyl (C=O) groups excluding carboxylic acids is 1. The molecule has 4 rings (SSSR count). The Balaban J connectivity index is 1.74. The van der Waals surface area contributed by atoms with Crippen LogP contribution in [0.25, 0.3) is 5.69 Å². The fourth-order valence-corrected chi connectivity index (χ4v) is 4.78. The fourth-order valence-electron chi connectivity index (χ4n) is 4.78. The molecule has 2 aromatic rings. The third-order valence-corrected chi connectivity index (χ3v) is 6.07. The number of piperidine rings is 1. The van der Waals surface area contributed by atoms with Gasteiger partial charge < -0.3 is 14.2 Å². The highest BCUT2D eigenvalue weighted by Crippen LogP contribution is 2.43. The number of aromatic nitrogens is 2. The van der Waals surface area contributed by atoms with Gasteiger partial charge in [-0.2, -0.15) is 0 Å². The van der Waals surface area contributed by atoms with E-state index in [-0.39, 0.29) is 18.1 Å². The molecular weight excluding hydrogens is 352 g/mol. The summed E-state index contributed by atoms with van der Waals surface area (Å²) in [4.78, 5) is 21.7. The van der Waals surface area contributed by atoms with Crippen molar-refractivity contribution in [3.8, 4) is 5.69 Å². The predicted octanol–water partition coefficient (Wildman–Crippen LogP) is 2.81. The van der Waals surface area contributed by atoms with Gasteiger partial charge in [-0.25, -0.2) is 4.98 Å². The molecular formula is C22H30N4O2. The number of para-hydroxylation sites is 1. The Kier molecular flexibility index (Phi) is 5.25. The second kappa shape index (κ2) is 7.68. The van der Waals surface area contributed by atoms with E-state index in [0.29, 0.717) is 5.92 Å². The topological polar surface area (TPSA) is 50.6 Å². The number of methoxy groups -OCH3 is 1. The minimum absolute atomic E-state index is 0.0769. The van der Waals surface area contributed by atoms with Crippen molar-refractivity contribution < 1.29 is 9.53 Å². The molecule has 2 aliphatic rings. The normalized spacial score (nSPS) is 18.8. The van der Waals surface area contributed by atoms with Crippen molar-refractivity contribution in [3.05, 3.63) is 48.0 Å². The highest BCUT2D eigenvalue weighted by atomic mass is 16.5. The van der Waals surface area contributed by atoms with Crippen LogP contribution in [0.1, 0.15) is 38.1 Å². The van der Waals surface area contributed by atoms with Crippen LogP contribution in [-0.4, -0.2) is 58.6 Å². The van der Waals surface area contributed by atoms with E-state index >= 15 is 0 Å². The fraction of sp³-hybridized carbons (Fsp3) is 0.545. The van der Waals surface area contributed by atoms with Gasteiger partial charge in [0.25, 0.3) is 0 Å². The van der Waals surface area contributed by atoms with E-state index in [9.17, 15) is 4.79 Å². The van der Waals surface area contributed by atoms with Crippen molar-refractivity contribution in [3.63, 3.8) is 0 Å². The minimum Gasteiger partial charge on any atom is -0.375 e. The summed E-state index contributed by atoms with van der Waals surface area (Å²) < 4.78 is 7.32. The van der Waals surface area contributed by atoms with Crippen molar-refractivity contribution in [2.24, 2.45) is 5.92 Å². The molecule has 0 atom stereocenters. The lowest BCUT2D eigenvalue weighted by Crippen LogP contribution is -2.55. The van der Waals surface area contributed by atoms with Crippen molar-refractivity contribution in [1.29, 1.82) is 0 Å². The summed E-state index contributed by atoms with van der Waals surface area (Å²) in [7, 11) is 1.58. The molecule has 1 saturated heterocycles. The average Bonchev–Trinajstić information content (AvgIpc) is 3.15. The Morgan fingerprint density at radius 2 is 2.00 bits per heavy atom. The monoisotopic (exact) mass is 382 g/mol. The zero-order valence-electron chi connectivity index (χ0n) is 17.1. The van der Waals surface area contributed by atoms with Gasteiger partial charge >= 0.3 is 0 Å². The average molecular weight is 383 g/mol. The molecule has 1 spiro atoms. The number of carbonyl (C=O) groups is 1. The first-order valence-corrected chi connectivity index (χ1v) is 10.2. The van der Waals surface area contributed by atoms with E-state index in [2.05, 4.69) is 53.8 Å². The maximum Gasteiger partial charge on any atom is 0.248 e. The number of imidazole rings is 1. The number of rotatable bonds is 4. The summed E-state index contributed by atoms with van der Waals surface area (Å²) in [5.74, 6) is 1.74. The first-order chi connectivity index (χ1) is 13.5. The third kappa shape index (κ3) is 3.25. The summed E-state index contributed by atoms with van der Waals surface area (Å²) in [6, 6.07) is 8.62. The molecule has 1 aromatic heterocycles. The number of nitrogens with zero attached hydrogens (tertiary/aromatic N) is 4. The Morgan fingerprint density at radius 1 is 1.25 bits per heavy atom. The molecule has 0 saturated carbocycles. The molecule has 1 fully saturated rings. The van der Waals surface area contributed by atoms with E-state index in [1.165, 1.54) is 11.3 Å². The predicted molar refractivity (Wildman–Crippen MR) is 108 cm³/mol. The quantitative estimate of drug-likeness (QED) is 0.816. The zero-order chi connectivity index (χ0) is 19.7. The summed E-state index contributed by atoms with van der Waals surface area (Å²) in [6.07, 6.45) is 5.77. The smallest absolute Gasteiger partial charge is 0.248 e. The van der Waals surface area contributed by atoms with Crippen molar-refractivity contribution in [1.82, 2.24) is 19.4 Å². The van der Waals surface area contributed by atoms with Crippen LogP contribution in [-0.2, 0) is 21.6 Å². The molecule has 2 aliphatic heterocycles. The maximum absolute atomic E-state index is 12.3. The highest BCUT2D eigenvalue weighted by molar-refractivity contribution is 5.77. The highest BCUT2D eigenvalue weighted by Gasteiger charge is 2.47. The van der Waals surface area contributed by atoms with Gasteiger partial charge in [-0.15, -0.1) is 0 Å². The molecule has 6 nitrogen and oxygen atoms in total. The van der Waals surface area contributed by atoms with Crippen LogP contribution < -0.4 is 0 Å². The van der Waals surface area contributed by atoms with Gasteiger partial charge in [-0.3, -0.25) is 9.69 Å². The van der Waals surface area contributed by atoms with Crippen molar-refractivity contribution >= 4 is 5.91 Å². The lowest BCUT2D eigenvalue weighted by Gasteiger charge is -2.48. The number of amides is 1. The van der Waals surface area contributed by atoms with E-state index < -0.39 is 0 Å². The molecule has 1 amide bonds. The first-order valence-electron chi connectivity index (χ1n) is 10.2. The zero-order valence-corrected chi connectivity index (χ0v) is 17.1. The number of ether oxygens (including phenoxy) is 1.